The van der Waals surface area contributed by atoms with Gasteiger partial charge in [-0.3, -0.25) is 0 Å². The fourth-order valence-electron chi connectivity index (χ4n) is 2.74. The minimum absolute atomic E-state index is 0.654. The normalized spacial score (nSPS) is 15.7. The second-order valence-corrected chi connectivity index (χ2v) is 5.41. The fraction of sp³-hybridized carbons (Fsp3) is 0.333. The quantitative estimate of drug-likeness (QED) is 0.662. The highest BCUT2D eigenvalue weighted by atomic mass is 14.1. The molecule has 3 rings (SSSR count). The minimum atomic E-state index is 0.654. The van der Waals surface area contributed by atoms with Crippen LogP contribution in [0, 0.1) is 0 Å². The maximum atomic E-state index is 2.37. The standard InChI is InChI=1S/C18H20/c1-3-13(2)14-8-9-17-11-15-6-4-5-7-16(15)12-18(17)10-14/h5,7-13H,3-4,6H2,1-2H3. The van der Waals surface area contributed by atoms with Gasteiger partial charge in [-0.15, -0.1) is 0 Å². The molecule has 0 aromatic heterocycles. The monoisotopic (exact) mass is 236 g/mol. The van der Waals surface area contributed by atoms with Crippen LogP contribution in [-0.2, 0) is 6.42 Å². The topological polar surface area (TPSA) is 0 Å². The lowest BCUT2D eigenvalue weighted by atomic mass is 9.91. The number of benzene rings is 2. The molecule has 1 unspecified atom stereocenters. The third-order valence-corrected chi connectivity index (χ3v) is 4.18. The van der Waals surface area contributed by atoms with Gasteiger partial charge in [-0.2, -0.15) is 0 Å². The second kappa shape index (κ2) is 4.61. The highest BCUT2D eigenvalue weighted by Crippen LogP contribution is 2.28. The number of rotatable bonds is 2. The molecule has 0 saturated heterocycles. The molecule has 18 heavy (non-hydrogen) atoms. The van der Waals surface area contributed by atoms with E-state index >= 15 is 0 Å². The molecule has 2 aromatic rings. The van der Waals surface area contributed by atoms with Crippen LogP contribution in [0.5, 0.6) is 0 Å². The molecular formula is C18H20. The molecule has 0 heteroatoms. The molecule has 0 aliphatic heterocycles. The van der Waals surface area contributed by atoms with Crippen molar-refractivity contribution in [2.45, 2.75) is 39.0 Å². The molecular weight excluding hydrogens is 216 g/mol. The molecule has 0 heterocycles. The van der Waals surface area contributed by atoms with E-state index in [2.05, 4.69) is 56.3 Å². The summed E-state index contributed by atoms with van der Waals surface area (Å²) in [7, 11) is 0. The Balaban J connectivity index is 2.14. The third kappa shape index (κ3) is 1.96. The first-order valence-corrected chi connectivity index (χ1v) is 7.01. The molecule has 0 N–H and O–H groups in total. The van der Waals surface area contributed by atoms with E-state index in [0.717, 1.165) is 0 Å². The molecule has 0 radical (unpaired) electrons. The van der Waals surface area contributed by atoms with Crippen LogP contribution in [0.4, 0.5) is 0 Å². The first kappa shape index (κ1) is 11.5. The molecule has 1 aliphatic rings. The Morgan fingerprint density at radius 2 is 2.00 bits per heavy atom. The number of hydrogen-bond acceptors (Lipinski definition) is 0. The number of fused-ring (bicyclic) bond motifs is 2. The Hall–Kier alpha value is -1.56. The molecule has 0 amide bonds. The summed E-state index contributed by atoms with van der Waals surface area (Å²) in [4.78, 5) is 0. The summed E-state index contributed by atoms with van der Waals surface area (Å²) < 4.78 is 0. The van der Waals surface area contributed by atoms with Gasteiger partial charge in [0.05, 0.1) is 0 Å². The van der Waals surface area contributed by atoms with E-state index in [1.54, 1.807) is 0 Å². The lowest BCUT2D eigenvalue weighted by Crippen LogP contribution is -1.95. The van der Waals surface area contributed by atoms with Gasteiger partial charge in [-0.05, 0) is 58.7 Å². The Bertz CT molecular complexity index is 605. The molecule has 2 aromatic carbocycles. The van der Waals surface area contributed by atoms with E-state index in [4.69, 9.17) is 0 Å². The molecule has 0 spiro atoms. The van der Waals surface area contributed by atoms with Crippen molar-refractivity contribution in [2.24, 2.45) is 0 Å². The van der Waals surface area contributed by atoms with E-state index < -0.39 is 0 Å². The third-order valence-electron chi connectivity index (χ3n) is 4.18. The molecule has 0 fully saturated rings. The van der Waals surface area contributed by atoms with Crippen LogP contribution in [0.15, 0.2) is 36.4 Å². The van der Waals surface area contributed by atoms with Crippen molar-refractivity contribution in [3.05, 3.63) is 53.1 Å². The number of allylic oxidation sites excluding steroid dienone is 1. The summed E-state index contributed by atoms with van der Waals surface area (Å²) in [5.41, 5.74) is 4.38. The van der Waals surface area contributed by atoms with E-state index in [9.17, 15) is 0 Å². The SMILES string of the molecule is CCC(C)c1ccc2cc3c(cc2c1)C=CCC3. The van der Waals surface area contributed by atoms with E-state index in [0.29, 0.717) is 5.92 Å². The summed E-state index contributed by atoms with van der Waals surface area (Å²) in [5, 5.41) is 2.77. The maximum absolute atomic E-state index is 2.37. The van der Waals surface area contributed by atoms with Crippen LogP contribution < -0.4 is 0 Å². The smallest absolute Gasteiger partial charge is 0.0175 e. The zero-order valence-electron chi connectivity index (χ0n) is 11.2. The number of aryl methyl sites for hydroxylation is 1. The average Bonchev–Trinajstić information content (AvgIpc) is 2.43. The van der Waals surface area contributed by atoms with Gasteiger partial charge in [0, 0.05) is 0 Å². The van der Waals surface area contributed by atoms with Crippen molar-refractivity contribution in [3.8, 4) is 0 Å². The Morgan fingerprint density at radius 3 is 2.83 bits per heavy atom. The number of hydrogen-bond donors (Lipinski definition) is 0. The zero-order chi connectivity index (χ0) is 12.5. The van der Waals surface area contributed by atoms with E-state index in [1.807, 2.05) is 0 Å². The predicted octanol–water partition coefficient (Wildman–Crippen LogP) is 5.31. The van der Waals surface area contributed by atoms with Crippen LogP contribution >= 0.6 is 0 Å². The van der Waals surface area contributed by atoms with Gasteiger partial charge in [-0.1, -0.05) is 50.3 Å². The molecule has 0 saturated carbocycles. The van der Waals surface area contributed by atoms with Crippen LogP contribution in [0.25, 0.3) is 16.8 Å². The summed E-state index contributed by atoms with van der Waals surface area (Å²) in [5.74, 6) is 0.654. The van der Waals surface area contributed by atoms with Crippen molar-refractivity contribution >= 4 is 16.8 Å². The largest absolute Gasteiger partial charge is 0.0836 e. The van der Waals surface area contributed by atoms with E-state index in [1.165, 1.54) is 46.7 Å². The Kier molecular flexibility index (Phi) is 2.95. The van der Waals surface area contributed by atoms with Gasteiger partial charge < -0.3 is 0 Å². The highest BCUT2D eigenvalue weighted by Gasteiger charge is 2.08. The summed E-state index contributed by atoms with van der Waals surface area (Å²) >= 11 is 0. The van der Waals surface area contributed by atoms with Gasteiger partial charge in [0.25, 0.3) is 0 Å². The minimum Gasteiger partial charge on any atom is -0.0836 e. The van der Waals surface area contributed by atoms with Crippen LogP contribution in [0.1, 0.15) is 49.3 Å². The maximum Gasteiger partial charge on any atom is -0.0175 e. The van der Waals surface area contributed by atoms with Crippen molar-refractivity contribution in [1.29, 1.82) is 0 Å². The van der Waals surface area contributed by atoms with Crippen molar-refractivity contribution in [3.63, 3.8) is 0 Å². The molecule has 1 aliphatic carbocycles. The lowest BCUT2D eigenvalue weighted by Gasteiger charge is -2.14. The van der Waals surface area contributed by atoms with Crippen molar-refractivity contribution in [1.82, 2.24) is 0 Å². The molecule has 1 atom stereocenters. The van der Waals surface area contributed by atoms with Crippen LogP contribution in [0.2, 0.25) is 0 Å². The van der Waals surface area contributed by atoms with Gasteiger partial charge >= 0.3 is 0 Å². The van der Waals surface area contributed by atoms with E-state index in [-0.39, 0.29) is 0 Å². The summed E-state index contributed by atoms with van der Waals surface area (Å²) in [6.45, 7) is 4.56. The molecule has 0 bridgehead atoms. The Morgan fingerprint density at radius 1 is 1.11 bits per heavy atom. The Labute approximate surface area is 109 Å². The second-order valence-electron chi connectivity index (χ2n) is 5.41. The lowest BCUT2D eigenvalue weighted by molar-refractivity contribution is 0.735. The predicted molar refractivity (Wildman–Crippen MR) is 80.0 cm³/mol. The van der Waals surface area contributed by atoms with Gasteiger partial charge in [0.1, 0.15) is 0 Å². The van der Waals surface area contributed by atoms with Crippen molar-refractivity contribution < 1.29 is 0 Å². The van der Waals surface area contributed by atoms with Gasteiger partial charge in [0.2, 0.25) is 0 Å². The average molecular weight is 236 g/mol. The van der Waals surface area contributed by atoms with Crippen molar-refractivity contribution in [2.75, 3.05) is 0 Å². The molecule has 92 valence electrons. The van der Waals surface area contributed by atoms with Crippen LogP contribution in [0.3, 0.4) is 0 Å². The first-order chi connectivity index (χ1) is 8.78. The van der Waals surface area contributed by atoms with Gasteiger partial charge in [-0.25, -0.2) is 0 Å². The van der Waals surface area contributed by atoms with Gasteiger partial charge in [0.15, 0.2) is 0 Å². The first-order valence-electron chi connectivity index (χ1n) is 7.01. The van der Waals surface area contributed by atoms with Crippen LogP contribution in [-0.4, -0.2) is 0 Å². The zero-order valence-corrected chi connectivity index (χ0v) is 11.2. The molecule has 0 nitrogen and oxygen atoms in total. The highest BCUT2D eigenvalue weighted by molar-refractivity contribution is 5.87. The fourth-order valence-corrected chi connectivity index (χ4v) is 2.74. The summed E-state index contributed by atoms with van der Waals surface area (Å²) in [6.07, 6.45) is 8.13. The summed E-state index contributed by atoms with van der Waals surface area (Å²) in [6, 6.07) is 11.7.